The van der Waals surface area contributed by atoms with Gasteiger partial charge in [0.15, 0.2) is 0 Å². The van der Waals surface area contributed by atoms with E-state index in [2.05, 4.69) is 398 Å². The van der Waals surface area contributed by atoms with E-state index in [4.69, 9.17) is 0 Å². The molecule has 2 aromatic heterocycles. The van der Waals surface area contributed by atoms with Crippen LogP contribution in [0.25, 0.3) is 111 Å². The fraction of sp³-hybridized carbons (Fsp3) is 0.192. The average Bonchev–Trinajstić information content (AvgIpc) is 1.51. The Hall–Kier alpha value is -11.7. The number of para-hydroxylation sites is 2. The Bertz CT molecular complexity index is 6390. The Morgan fingerprint density at radius 1 is 0.266 bits per heavy atom. The summed E-state index contributed by atoms with van der Waals surface area (Å²) >= 11 is 0. The predicted octanol–water partition coefficient (Wildman–Crippen LogP) is 26.3. The minimum atomic E-state index is -0.180. The molecule has 0 atom stereocenters. The maximum Gasteiger partial charge on any atom is 0.252 e. The maximum absolute atomic E-state index is 2.64. The first-order valence-corrected chi connectivity index (χ1v) is 39.5. The molecule has 2 aliphatic heterocycles. The standard InChI is InChI=1S/C104H91BN4/c1-100(2,3)84-31-21-18-28-79(84)74-40-50-89-95(62-74)106(75-43-34-68(35-44-75)72-38-48-85-87(60-72)103(8,9)56-54-101(85,4)5)97-64-78(109-92-33-23-20-30-81(92)83-59-71(42-53-94(83)109)67-26-16-13-17-27-67)65-98-99(97)105(89)90-51-47-77(108-91-32-22-19-29-80(91)82-58-70(41-52-93(82)108)66-24-14-12-15-25-66)63-96(90)107(98)76-45-36-69(37-46-76)73-39-49-86-88(61-73)104(10,11)57-55-102(86,6)7/h12-53,58-65H,54-57H2,1-11H3. The molecular formula is C104H91BN4. The van der Waals surface area contributed by atoms with Crippen LogP contribution in [0.15, 0.2) is 303 Å². The molecule has 109 heavy (non-hydrogen) atoms. The van der Waals surface area contributed by atoms with Crippen molar-refractivity contribution in [2.75, 3.05) is 9.80 Å². The topological polar surface area (TPSA) is 16.3 Å². The second-order valence-corrected chi connectivity index (χ2v) is 35.4. The summed E-state index contributed by atoms with van der Waals surface area (Å²) in [6, 6.07) is 117. The molecule has 16 aromatic rings. The Morgan fingerprint density at radius 2 is 0.624 bits per heavy atom. The van der Waals surface area contributed by atoms with E-state index in [1.165, 1.54) is 151 Å². The number of fused-ring (bicyclic) bond motifs is 12. The second-order valence-electron chi connectivity index (χ2n) is 35.4. The molecule has 4 heterocycles. The van der Waals surface area contributed by atoms with E-state index in [1.807, 2.05) is 0 Å². The molecule has 0 N–H and O–H groups in total. The summed E-state index contributed by atoms with van der Waals surface area (Å²) in [5.74, 6) is 0. The predicted molar refractivity (Wildman–Crippen MR) is 466 cm³/mol. The lowest BCUT2D eigenvalue weighted by atomic mass is 9.33. The number of rotatable bonds is 9. The molecular weight excluding hydrogens is 1320 g/mol. The van der Waals surface area contributed by atoms with Crippen molar-refractivity contribution in [1.29, 1.82) is 0 Å². The van der Waals surface area contributed by atoms with Crippen molar-refractivity contribution in [2.24, 2.45) is 0 Å². The number of hydrogen-bond donors (Lipinski definition) is 0. The molecule has 5 heteroatoms. The van der Waals surface area contributed by atoms with Crippen molar-refractivity contribution in [2.45, 2.75) is 129 Å². The van der Waals surface area contributed by atoms with Crippen molar-refractivity contribution in [3.63, 3.8) is 0 Å². The van der Waals surface area contributed by atoms with Gasteiger partial charge >= 0.3 is 0 Å². The van der Waals surface area contributed by atoms with Crippen LogP contribution in [0.3, 0.4) is 0 Å². The highest BCUT2D eigenvalue weighted by molar-refractivity contribution is 7.00. The van der Waals surface area contributed by atoms with E-state index in [1.54, 1.807) is 0 Å². The van der Waals surface area contributed by atoms with Gasteiger partial charge in [0.2, 0.25) is 0 Å². The zero-order valence-electron chi connectivity index (χ0n) is 64.6. The fourth-order valence-corrected chi connectivity index (χ4v) is 19.6. The van der Waals surface area contributed by atoms with Crippen molar-refractivity contribution in [1.82, 2.24) is 9.13 Å². The van der Waals surface area contributed by atoms with Gasteiger partial charge in [0.25, 0.3) is 6.71 Å². The zero-order chi connectivity index (χ0) is 74.2. The average molecular weight is 1410 g/mol. The number of aromatic nitrogens is 2. The third-order valence-electron chi connectivity index (χ3n) is 25.8. The van der Waals surface area contributed by atoms with Crippen LogP contribution in [0.1, 0.15) is 130 Å². The van der Waals surface area contributed by atoms with Crippen LogP contribution in [0.5, 0.6) is 0 Å². The van der Waals surface area contributed by atoms with Crippen LogP contribution in [0.4, 0.5) is 34.1 Å². The minimum absolute atomic E-state index is 0.0708. The van der Waals surface area contributed by atoms with E-state index in [0.29, 0.717) is 0 Å². The van der Waals surface area contributed by atoms with Crippen LogP contribution in [-0.4, -0.2) is 15.8 Å². The summed E-state index contributed by atoms with van der Waals surface area (Å²) < 4.78 is 5.08. The monoisotopic (exact) mass is 1410 g/mol. The number of benzene rings is 14. The molecule has 0 saturated carbocycles. The Balaban J connectivity index is 0.869. The summed E-state index contributed by atoms with van der Waals surface area (Å²) in [5.41, 5.74) is 37.1. The van der Waals surface area contributed by atoms with Gasteiger partial charge in [-0.2, -0.15) is 0 Å². The molecule has 4 nitrogen and oxygen atoms in total. The summed E-state index contributed by atoms with van der Waals surface area (Å²) in [5, 5.41) is 4.89. The van der Waals surface area contributed by atoms with E-state index in [-0.39, 0.29) is 33.8 Å². The van der Waals surface area contributed by atoms with Crippen LogP contribution >= 0.6 is 0 Å². The largest absolute Gasteiger partial charge is 0.311 e. The summed E-state index contributed by atoms with van der Waals surface area (Å²) in [7, 11) is 0. The van der Waals surface area contributed by atoms with Gasteiger partial charge in [-0.3, -0.25) is 0 Å². The van der Waals surface area contributed by atoms with E-state index in [9.17, 15) is 0 Å². The fourth-order valence-electron chi connectivity index (χ4n) is 19.6. The summed E-state index contributed by atoms with van der Waals surface area (Å²) in [6.45, 7) is 26.3. The summed E-state index contributed by atoms with van der Waals surface area (Å²) in [6.07, 6.45) is 4.69. The first-order chi connectivity index (χ1) is 52.6. The number of anilines is 6. The minimum Gasteiger partial charge on any atom is -0.311 e. The van der Waals surface area contributed by atoms with Gasteiger partial charge in [-0.25, -0.2) is 0 Å². The van der Waals surface area contributed by atoms with Gasteiger partial charge in [-0.05, 0) is 244 Å². The van der Waals surface area contributed by atoms with Crippen molar-refractivity contribution < 1.29 is 0 Å². The van der Waals surface area contributed by atoms with E-state index >= 15 is 0 Å². The Kier molecular flexibility index (Phi) is 15.0. The Morgan fingerprint density at radius 3 is 1.12 bits per heavy atom. The molecule has 14 aromatic carbocycles. The molecule has 4 aliphatic rings. The lowest BCUT2D eigenvalue weighted by Gasteiger charge is -2.45. The normalized spacial score (nSPS) is 15.8. The van der Waals surface area contributed by atoms with Crippen LogP contribution in [0.2, 0.25) is 0 Å². The molecule has 530 valence electrons. The van der Waals surface area contributed by atoms with Crippen molar-refractivity contribution >= 4 is 101 Å². The van der Waals surface area contributed by atoms with Gasteiger partial charge in [0, 0.05) is 61.4 Å². The molecule has 0 amide bonds. The third kappa shape index (κ3) is 10.7. The van der Waals surface area contributed by atoms with Gasteiger partial charge in [0.05, 0.1) is 27.8 Å². The van der Waals surface area contributed by atoms with Gasteiger partial charge in [-0.1, -0.05) is 288 Å². The van der Waals surface area contributed by atoms with Gasteiger partial charge in [-0.15, -0.1) is 0 Å². The SMILES string of the molecule is CC(C)(C)c1ccccc1-c1ccc2c(c1)N(c1ccc(-c3ccc4c(c3)C(C)(C)CCC4(C)C)cc1)c1cc(-n3c4ccccc4c4cc(-c5ccccc5)ccc43)cc3c1B2c1ccc(-n2c4ccccc4c4cc(-c5ccccc5)ccc42)cc1N3c1ccc(-c2ccc3c(c2)C(C)(C)CCC3(C)C)cc1. The molecule has 0 bridgehead atoms. The number of nitrogens with zero attached hydrogens (tertiary/aromatic N) is 4. The highest BCUT2D eigenvalue weighted by Crippen LogP contribution is 2.53. The lowest BCUT2D eigenvalue weighted by molar-refractivity contribution is 0.332. The van der Waals surface area contributed by atoms with E-state index in [0.717, 1.165) is 63.7 Å². The van der Waals surface area contributed by atoms with Crippen LogP contribution in [0, 0.1) is 0 Å². The molecule has 0 saturated heterocycles. The van der Waals surface area contributed by atoms with Crippen molar-refractivity contribution in [3.8, 4) is 67.0 Å². The lowest BCUT2D eigenvalue weighted by Crippen LogP contribution is -2.61. The smallest absolute Gasteiger partial charge is 0.252 e. The zero-order valence-corrected chi connectivity index (χ0v) is 64.6. The van der Waals surface area contributed by atoms with Crippen LogP contribution in [-0.2, 0) is 27.1 Å². The molecule has 2 aliphatic carbocycles. The molecule has 0 unspecified atom stereocenters. The maximum atomic E-state index is 2.64. The highest BCUT2D eigenvalue weighted by atomic mass is 15.2. The molecule has 20 rings (SSSR count). The molecule has 0 fully saturated rings. The van der Waals surface area contributed by atoms with Gasteiger partial charge < -0.3 is 18.9 Å². The second kappa shape index (κ2) is 24.4. The first-order valence-electron chi connectivity index (χ1n) is 39.5. The number of hydrogen-bond acceptors (Lipinski definition) is 2. The Labute approximate surface area is 642 Å². The quantitative estimate of drug-likeness (QED) is 0.134. The summed E-state index contributed by atoms with van der Waals surface area (Å²) in [4.78, 5) is 5.28. The van der Waals surface area contributed by atoms with Gasteiger partial charge in [0.1, 0.15) is 0 Å². The van der Waals surface area contributed by atoms with Crippen LogP contribution < -0.4 is 26.2 Å². The molecule has 0 spiro atoms. The molecule has 0 radical (unpaired) electrons. The first kappa shape index (κ1) is 66.8. The highest BCUT2D eigenvalue weighted by Gasteiger charge is 2.46. The third-order valence-corrected chi connectivity index (χ3v) is 25.8. The van der Waals surface area contributed by atoms with E-state index < -0.39 is 0 Å². The van der Waals surface area contributed by atoms with Crippen molar-refractivity contribution in [3.05, 3.63) is 331 Å².